The van der Waals surface area contributed by atoms with E-state index in [1.54, 1.807) is 24.8 Å². The third-order valence-electron chi connectivity index (χ3n) is 2.40. The number of pyridine rings is 1. The third-order valence-corrected chi connectivity index (χ3v) is 2.40. The van der Waals surface area contributed by atoms with Crippen LogP contribution in [0.15, 0.2) is 41.4 Å². The van der Waals surface area contributed by atoms with Gasteiger partial charge in [0.05, 0.1) is 12.7 Å². The van der Waals surface area contributed by atoms with Gasteiger partial charge in [0, 0.05) is 30.4 Å². The van der Waals surface area contributed by atoms with Gasteiger partial charge in [0.1, 0.15) is 0 Å². The fourth-order valence-corrected chi connectivity index (χ4v) is 1.49. The van der Waals surface area contributed by atoms with E-state index in [1.807, 2.05) is 12.1 Å². The zero-order chi connectivity index (χ0) is 13.1. The Balaban J connectivity index is 1.92. The second-order valence-corrected chi connectivity index (χ2v) is 3.62. The molecule has 0 amide bonds. The standard InChI is InChI=1S/C12H9N5O2/c1-18-12-14-6-9(7-15-12)11-16-10(17-19-11)8-3-2-4-13-5-8/h2-7H,1H3. The molecule has 0 unspecified atom stereocenters. The molecule has 0 aliphatic rings. The molecule has 19 heavy (non-hydrogen) atoms. The molecule has 94 valence electrons. The van der Waals surface area contributed by atoms with Crippen LogP contribution in [0.5, 0.6) is 6.01 Å². The lowest BCUT2D eigenvalue weighted by molar-refractivity contribution is 0.379. The van der Waals surface area contributed by atoms with Crippen molar-refractivity contribution >= 4 is 0 Å². The predicted molar refractivity (Wildman–Crippen MR) is 65.1 cm³/mol. The Labute approximate surface area is 108 Å². The van der Waals surface area contributed by atoms with Crippen molar-refractivity contribution in [2.45, 2.75) is 0 Å². The minimum Gasteiger partial charge on any atom is -0.467 e. The highest BCUT2D eigenvalue weighted by molar-refractivity contribution is 5.57. The number of aromatic nitrogens is 5. The summed E-state index contributed by atoms with van der Waals surface area (Å²) in [6, 6.07) is 3.95. The van der Waals surface area contributed by atoms with Gasteiger partial charge in [-0.3, -0.25) is 4.98 Å². The Morgan fingerprint density at radius 2 is 1.95 bits per heavy atom. The van der Waals surface area contributed by atoms with Crippen LogP contribution in [-0.4, -0.2) is 32.2 Å². The summed E-state index contributed by atoms with van der Waals surface area (Å²) in [6.07, 6.45) is 6.47. The first-order valence-corrected chi connectivity index (χ1v) is 5.47. The van der Waals surface area contributed by atoms with Gasteiger partial charge < -0.3 is 9.26 Å². The fraction of sp³-hybridized carbons (Fsp3) is 0.0833. The van der Waals surface area contributed by atoms with Gasteiger partial charge in [-0.1, -0.05) is 5.16 Å². The summed E-state index contributed by atoms with van der Waals surface area (Å²) in [5.41, 5.74) is 1.41. The molecule has 0 bridgehead atoms. The first-order chi connectivity index (χ1) is 9.36. The molecule has 3 rings (SSSR count). The van der Waals surface area contributed by atoms with Crippen LogP contribution in [0, 0.1) is 0 Å². The normalized spacial score (nSPS) is 10.4. The second-order valence-electron chi connectivity index (χ2n) is 3.62. The molecule has 7 heteroatoms. The average molecular weight is 255 g/mol. The largest absolute Gasteiger partial charge is 0.467 e. The van der Waals surface area contributed by atoms with E-state index in [4.69, 9.17) is 9.26 Å². The Hall–Kier alpha value is -2.83. The maximum atomic E-state index is 5.17. The third kappa shape index (κ3) is 2.25. The number of methoxy groups -OCH3 is 1. The van der Waals surface area contributed by atoms with Crippen molar-refractivity contribution < 1.29 is 9.26 Å². The van der Waals surface area contributed by atoms with Gasteiger partial charge in [0.15, 0.2) is 0 Å². The number of rotatable bonds is 3. The van der Waals surface area contributed by atoms with E-state index in [0.29, 0.717) is 17.3 Å². The van der Waals surface area contributed by atoms with Crippen LogP contribution in [0.2, 0.25) is 0 Å². The summed E-state index contributed by atoms with van der Waals surface area (Å²) < 4.78 is 10.1. The average Bonchev–Trinajstić information content (AvgIpc) is 2.98. The van der Waals surface area contributed by atoms with E-state index in [2.05, 4.69) is 25.1 Å². The maximum Gasteiger partial charge on any atom is 0.316 e. The van der Waals surface area contributed by atoms with Crippen LogP contribution >= 0.6 is 0 Å². The maximum absolute atomic E-state index is 5.17. The molecule has 0 atom stereocenters. The lowest BCUT2D eigenvalue weighted by atomic mass is 10.3. The number of ether oxygens (including phenoxy) is 1. The molecule has 0 saturated heterocycles. The Morgan fingerprint density at radius 3 is 2.63 bits per heavy atom. The summed E-state index contributed by atoms with van der Waals surface area (Å²) >= 11 is 0. The van der Waals surface area contributed by atoms with Crippen molar-refractivity contribution in [3.8, 4) is 28.9 Å². The van der Waals surface area contributed by atoms with Crippen molar-refractivity contribution in [2.75, 3.05) is 7.11 Å². The quantitative estimate of drug-likeness (QED) is 0.702. The predicted octanol–water partition coefficient (Wildman–Crippen LogP) is 1.60. The summed E-state index contributed by atoms with van der Waals surface area (Å²) in [7, 11) is 1.50. The molecule has 0 radical (unpaired) electrons. The van der Waals surface area contributed by atoms with Crippen molar-refractivity contribution in [1.29, 1.82) is 0 Å². The lowest BCUT2D eigenvalue weighted by Gasteiger charge is -1.96. The minimum absolute atomic E-state index is 0.288. The molecule has 0 spiro atoms. The molecule has 3 heterocycles. The van der Waals surface area contributed by atoms with E-state index >= 15 is 0 Å². The van der Waals surface area contributed by atoms with Crippen LogP contribution in [-0.2, 0) is 0 Å². The van der Waals surface area contributed by atoms with Crippen molar-refractivity contribution in [1.82, 2.24) is 25.1 Å². The summed E-state index contributed by atoms with van der Waals surface area (Å²) in [5, 5.41) is 3.89. The number of hydrogen-bond acceptors (Lipinski definition) is 7. The zero-order valence-electron chi connectivity index (χ0n) is 10.0. The van der Waals surface area contributed by atoms with Crippen LogP contribution in [0.25, 0.3) is 22.8 Å². The molecule has 0 N–H and O–H groups in total. The highest BCUT2D eigenvalue weighted by atomic mass is 16.5. The summed E-state index contributed by atoms with van der Waals surface area (Å²) in [4.78, 5) is 16.2. The molecule has 7 nitrogen and oxygen atoms in total. The minimum atomic E-state index is 0.288. The molecule has 0 aromatic carbocycles. The lowest BCUT2D eigenvalue weighted by Crippen LogP contribution is -1.91. The van der Waals surface area contributed by atoms with Crippen molar-refractivity contribution in [2.24, 2.45) is 0 Å². The first kappa shape index (κ1) is 11.3. The topological polar surface area (TPSA) is 86.8 Å². The Morgan fingerprint density at radius 1 is 1.11 bits per heavy atom. The number of nitrogens with zero attached hydrogens (tertiary/aromatic N) is 5. The zero-order valence-corrected chi connectivity index (χ0v) is 10.0. The molecular formula is C12H9N5O2. The summed E-state index contributed by atoms with van der Waals surface area (Å²) in [6.45, 7) is 0. The molecule has 0 saturated carbocycles. The molecule has 3 aromatic heterocycles. The Bertz CT molecular complexity index is 666. The smallest absolute Gasteiger partial charge is 0.316 e. The second kappa shape index (κ2) is 4.81. The van der Waals surface area contributed by atoms with Gasteiger partial charge in [0.25, 0.3) is 5.89 Å². The SMILES string of the molecule is COc1ncc(-c2nc(-c3cccnc3)no2)cn1. The number of hydrogen-bond donors (Lipinski definition) is 0. The van der Waals surface area contributed by atoms with Gasteiger partial charge in [-0.05, 0) is 12.1 Å². The van der Waals surface area contributed by atoms with Crippen LogP contribution in [0.1, 0.15) is 0 Å². The molecule has 0 fully saturated rings. The van der Waals surface area contributed by atoms with Gasteiger partial charge in [-0.25, -0.2) is 9.97 Å². The Kier molecular flexibility index (Phi) is 2.85. The van der Waals surface area contributed by atoms with Gasteiger partial charge in [0.2, 0.25) is 5.82 Å². The van der Waals surface area contributed by atoms with Crippen LogP contribution < -0.4 is 4.74 Å². The van der Waals surface area contributed by atoms with E-state index < -0.39 is 0 Å². The van der Waals surface area contributed by atoms with E-state index in [-0.39, 0.29) is 6.01 Å². The summed E-state index contributed by atoms with van der Waals surface area (Å²) in [5.74, 6) is 0.820. The monoisotopic (exact) mass is 255 g/mol. The van der Waals surface area contributed by atoms with Gasteiger partial charge in [-0.15, -0.1) is 0 Å². The van der Waals surface area contributed by atoms with E-state index in [0.717, 1.165) is 5.56 Å². The fourth-order valence-electron chi connectivity index (χ4n) is 1.49. The van der Waals surface area contributed by atoms with E-state index in [1.165, 1.54) is 7.11 Å². The van der Waals surface area contributed by atoms with Crippen molar-refractivity contribution in [3.63, 3.8) is 0 Å². The highest BCUT2D eigenvalue weighted by Gasteiger charge is 2.11. The molecule has 0 aliphatic carbocycles. The van der Waals surface area contributed by atoms with Crippen LogP contribution in [0.3, 0.4) is 0 Å². The highest BCUT2D eigenvalue weighted by Crippen LogP contribution is 2.20. The van der Waals surface area contributed by atoms with Gasteiger partial charge >= 0.3 is 6.01 Å². The molecular weight excluding hydrogens is 246 g/mol. The first-order valence-electron chi connectivity index (χ1n) is 5.47. The molecule has 0 aliphatic heterocycles. The van der Waals surface area contributed by atoms with Crippen LogP contribution in [0.4, 0.5) is 0 Å². The van der Waals surface area contributed by atoms with E-state index in [9.17, 15) is 0 Å². The van der Waals surface area contributed by atoms with Crippen molar-refractivity contribution in [3.05, 3.63) is 36.9 Å². The molecule has 3 aromatic rings. The van der Waals surface area contributed by atoms with Gasteiger partial charge in [-0.2, -0.15) is 4.98 Å².